The molecule has 4 aromatic rings. The monoisotopic (exact) mass is 353 g/mol. The largest absolute Gasteiger partial charge is 0.213 e. The molecular weight excluding hydrogens is 331 g/mol. The molecular formula is C25H22P-. The molecule has 0 N–H and O–H groups in total. The van der Waals surface area contributed by atoms with Gasteiger partial charge in [-0.15, -0.1) is 0 Å². The van der Waals surface area contributed by atoms with Crippen molar-refractivity contribution in [3.63, 3.8) is 0 Å². The van der Waals surface area contributed by atoms with Crippen LogP contribution in [-0.2, 0) is 0 Å². The highest BCUT2D eigenvalue weighted by atomic mass is 31.1. The zero-order valence-electron chi connectivity index (χ0n) is 14.9. The van der Waals surface area contributed by atoms with Crippen molar-refractivity contribution in [2.24, 2.45) is 0 Å². The minimum absolute atomic E-state index is 0.352. The van der Waals surface area contributed by atoms with E-state index in [-0.39, 0.29) is 0 Å². The average molecular weight is 353 g/mol. The first-order chi connectivity index (χ1) is 12.8. The highest BCUT2D eigenvalue weighted by molar-refractivity contribution is 7.73. The van der Waals surface area contributed by atoms with E-state index >= 15 is 0 Å². The molecule has 1 heteroatoms. The van der Waals surface area contributed by atoms with Crippen LogP contribution in [0.15, 0.2) is 109 Å². The Balaban J connectivity index is 1.91. The topological polar surface area (TPSA) is 0 Å². The fourth-order valence-corrected chi connectivity index (χ4v) is 6.26. The molecule has 1 atom stereocenters. The molecule has 4 rings (SSSR count). The first-order valence-electron chi connectivity index (χ1n) is 9.00. The molecule has 1 unspecified atom stereocenters. The van der Waals surface area contributed by atoms with Gasteiger partial charge in [0.1, 0.15) is 0 Å². The maximum atomic E-state index is 2.30. The van der Waals surface area contributed by atoms with E-state index in [1.165, 1.54) is 27.3 Å². The van der Waals surface area contributed by atoms with Gasteiger partial charge in [0.05, 0.1) is 0 Å². The van der Waals surface area contributed by atoms with Crippen molar-refractivity contribution in [3.05, 3.63) is 126 Å². The van der Waals surface area contributed by atoms with Crippen LogP contribution < -0.4 is 10.6 Å². The zero-order valence-corrected chi connectivity index (χ0v) is 15.8. The molecule has 0 aliphatic heterocycles. The van der Waals surface area contributed by atoms with Crippen molar-refractivity contribution in [1.29, 1.82) is 0 Å². The smallest absolute Gasteiger partial charge is 0.0142 e. The summed E-state index contributed by atoms with van der Waals surface area (Å²) in [7, 11) is -0.551. The summed E-state index contributed by atoms with van der Waals surface area (Å²) in [5.74, 6) is 0. The number of rotatable bonds is 5. The standard InChI is InChI=1S/C25H22P/c1-20-16-18-22(19-17-20)25(21-10-8-9-11-21)26(23-12-4-2-5-13-23)24-14-6-3-7-15-24/h2-19,25H,1H3/q-1. The maximum absolute atomic E-state index is 2.30. The Morgan fingerprint density at radius 2 is 1.23 bits per heavy atom. The first-order valence-corrected chi connectivity index (χ1v) is 10.4. The van der Waals surface area contributed by atoms with Crippen LogP contribution in [-0.4, -0.2) is 0 Å². The highest BCUT2D eigenvalue weighted by Crippen LogP contribution is 2.53. The van der Waals surface area contributed by atoms with E-state index in [1.54, 1.807) is 0 Å². The van der Waals surface area contributed by atoms with Crippen molar-refractivity contribution in [2.75, 3.05) is 0 Å². The molecule has 128 valence electrons. The summed E-state index contributed by atoms with van der Waals surface area (Å²) < 4.78 is 0. The quantitative estimate of drug-likeness (QED) is 0.308. The Bertz CT molecular complexity index is 883. The lowest BCUT2D eigenvalue weighted by Gasteiger charge is -2.31. The number of benzene rings is 3. The van der Waals surface area contributed by atoms with E-state index in [2.05, 4.69) is 116 Å². The number of hydrogen-bond acceptors (Lipinski definition) is 0. The van der Waals surface area contributed by atoms with Crippen molar-refractivity contribution in [1.82, 2.24) is 0 Å². The zero-order chi connectivity index (χ0) is 17.8. The third kappa shape index (κ3) is 3.52. The molecule has 0 spiro atoms. The lowest BCUT2D eigenvalue weighted by molar-refractivity contribution is 1.15. The fraction of sp³-hybridized carbons (Fsp3) is 0.0800. The van der Waals surface area contributed by atoms with E-state index < -0.39 is 7.92 Å². The Kier molecular flexibility index (Phi) is 5.04. The summed E-state index contributed by atoms with van der Waals surface area (Å²) in [6.07, 6.45) is 0. The van der Waals surface area contributed by atoms with Gasteiger partial charge in [0.25, 0.3) is 0 Å². The van der Waals surface area contributed by atoms with Gasteiger partial charge >= 0.3 is 0 Å². The van der Waals surface area contributed by atoms with Gasteiger partial charge in [-0.3, -0.25) is 0 Å². The Labute approximate surface area is 157 Å². The van der Waals surface area contributed by atoms with Gasteiger partial charge in [-0.1, -0.05) is 90.5 Å². The van der Waals surface area contributed by atoms with Crippen molar-refractivity contribution < 1.29 is 0 Å². The lowest BCUT2D eigenvalue weighted by Crippen LogP contribution is -2.17. The van der Waals surface area contributed by atoms with Crippen molar-refractivity contribution in [3.8, 4) is 0 Å². The van der Waals surface area contributed by atoms with Gasteiger partial charge in [0.15, 0.2) is 0 Å². The molecule has 0 heterocycles. The van der Waals surface area contributed by atoms with E-state index in [4.69, 9.17) is 0 Å². The molecule has 0 radical (unpaired) electrons. The van der Waals surface area contributed by atoms with E-state index in [1.807, 2.05) is 0 Å². The molecule has 0 aliphatic rings. The van der Waals surface area contributed by atoms with Crippen LogP contribution in [0.25, 0.3) is 0 Å². The van der Waals surface area contributed by atoms with Gasteiger partial charge in [0, 0.05) is 5.66 Å². The Morgan fingerprint density at radius 3 is 1.73 bits per heavy atom. The summed E-state index contributed by atoms with van der Waals surface area (Å²) >= 11 is 0. The molecule has 0 saturated carbocycles. The van der Waals surface area contributed by atoms with E-state index in [0.29, 0.717) is 5.66 Å². The second-order valence-corrected chi connectivity index (χ2v) is 8.86. The third-order valence-electron chi connectivity index (χ3n) is 4.72. The summed E-state index contributed by atoms with van der Waals surface area (Å²) in [5, 5.41) is 2.83. The summed E-state index contributed by atoms with van der Waals surface area (Å²) in [4.78, 5) is 0. The van der Waals surface area contributed by atoms with E-state index in [9.17, 15) is 0 Å². The van der Waals surface area contributed by atoms with Crippen LogP contribution in [0.2, 0.25) is 0 Å². The molecule has 26 heavy (non-hydrogen) atoms. The predicted molar refractivity (Wildman–Crippen MR) is 114 cm³/mol. The molecule has 4 aromatic carbocycles. The normalized spacial score (nSPS) is 12.2. The second-order valence-electron chi connectivity index (χ2n) is 6.57. The first kappa shape index (κ1) is 16.9. The second kappa shape index (κ2) is 7.77. The van der Waals surface area contributed by atoms with Gasteiger partial charge in [-0.2, -0.15) is 17.7 Å². The summed E-state index contributed by atoms with van der Waals surface area (Å²) in [5.41, 5.74) is 4.44. The average Bonchev–Trinajstić information content (AvgIpc) is 3.22. The molecule has 0 nitrogen and oxygen atoms in total. The Hall–Kier alpha value is -2.56. The maximum Gasteiger partial charge on any atom is 0.0142 e. The fourth-order valence-electron chi connectivity index (χ4n) is 3.43. The molecule has 0 saturated heterocycles. The molecule has 0 aliphatic carbocycles. The summed E-state index contributed by atoms with van der Waals surface area (Å²) in [6, 6.07) is 39.9. The van der Waals surface area contributed by atoms with Gasteiger partial charge in [0.2, 0.25) is 0 Å². The van der Waals surface area contributed by atoms with Crippen LogP contribution in [0.3, 0.4) is 0 Å². The van der Waals surface area contributed by atoms with Gasteiger partial charge < -0.3 is 0 Å². The number of aryl methyl sites for hydroxylation is 1. The van der Waals surface area contributed by atoms with Gasteiger partial charge in [-0.05, 0) is 31.0 Å². The van der Waals surface area contributed by atoms with Crippen molar-refractivity contribution in [2.45, 2.75) is 12.6 Å². The van der Waals surface area contributed by atoms with Gasteiger partial charge in [-0.25, -0.2) is 12.1 Å². The van der Waals surface area contributed by atoms with E-state index in [0.717, 1.165) is 0 Å². The number of hydrogen-bond donors (Lipinski definition) is 0. The summed E-state index contributed by atoms with van der Waals surface area (Å²) in [6.45, 7) is 2.15. The van der Waals surface area contributed by atoms with Crippen molar-refractivity contribution >= 4 is 18.5 Å². The minimum atomic E-state index is -0.551. The van der Waals surface area contributed by atoms with Crippen LogP contribution in [0.4, 0.5) is 0 Å². The van der Waals surface area contributed by atoms with Crippen LogP contribution >= 0.6 is 7.92 Å². The SMILES string of the molecule is Cc1ccc(C(c2ccc[cH-]2)P(c2ccccc2)c2ccccc2)cc1. The highest BCUT2D eigenvalue weighted by Gasteiger charge is 2.25. The molecule has 0 fully saturated rings. The lowest BCUT2D eigenvalue weighted by atomic mass is 10.1. The minimum Gasteiger partial charge on any atom is -0.213 e. The van der Waals surface area contributed by atoms with Crippen LogP contribution in [0.1, 0.15) is 22.3 Å². The third-order valence-corrected chi connectivity index (χ3v) is 7.55. The van der Waals surface area contributed by atoms with Crippen LogP contribution in [0, 0.1) is 6.92 Å². The Morgan fingerprint density at radius 1 is 0.654 bits per heavy atom. The molecule has 0 bridgehead atoms. The molecule has 0 aromatic heterocycles. The van der Waals surface area contributed by atoms with Crippen LogP contribution in [0.5, 0.6) is 0 Å². The molecule has 0 amide bonds. The predicted octanol–water partition coefficient (Wildman–Crippen LogP) is 5.94.